The summed E-state index contributed by atoms with van der Waals surface area (Å²) in [6.07, 6.45) is 1.92. The van der Waals surface area contributed by atoms with E-state index >= 15 is 0 Å². The molecule has 0 aliphatic rings. The highest BCUT2D eigenvalue weighted by molar-refractivity contribution is 7.90. The molecule has 0 saturated heterocycles. The topological polar surface area (TPSA) is 79.8 Å². The summed E-state index contributed by atoms with van der Waals surface area (Å²) in [6.45, 7) is 0.951. The second-order valence-corrected chi connectivity index (χ2v) is 7.43. The third-order valence-corrected chi connectivity index (χ3v) is 4.23. The average Bonchev–Trinajstić information content (AvgIpc) is 2.45. The van der Waals surface area contributed by atoms with Crippen molar-refractivity contribution < 1.29 is 13.2 Å². The Kier molecular flexibility index (Phi) is 7.47. The number of methoxy groups -OCH3 is 1. The molecule has 0 aliphatic heterocycles. The van der Waals surface area contributed by atoms with E-state index in [0.717, 1.165) is 17.7 Å². The number of halogens is 1. The molecule has 0 fully saturated rings. The van der Waals surface area contributed by atoms with E-state index in [2.05, 4.69) is 15.6 Å². The third kappa shape index (κ3) is 7.00. The number of rotatable bonds is 7. The highest BCUT2D eigenvalue weighted by atomic mass is 35.5. The van der Waals surface area contributed by atoms with E-state index < -0.39 is 9.84 Å². The summed E-state index contributed by atoms with van der Waals surface area (Å²) >= 11 is 6.17. The van der Waals surface area contributed by atoms with Gasteiger partial charge in [-0.15, -0.1) is 0 Å². The van der Waals surface area contributed by atoms with E-state index in [9.17, 15) is 8.42 Å². The van der Waals surface area contributed by atoms with Gasteiger partial charge in [-0.05, 0) is 24.1 Å². The number of nitrogens with one attached hydrogen (secondary N) is 2. The number of benzene rings is 1. The summed E-state index contributed by atoms with van der Waals surface area (Å²) in [6, 6.07) is 5.55. The predicted octanol–water partition coefficient (Wildman–Crippen LogP) is 1.10. The molecule has 0 radical (unpaired) electrons. The summed E-state index contributed by atoms with van der Waals surface area (Å²) in [5, 5.41) is 6.72. The van der Waals surface area contributed by atoms with Crippen LogP contribution in [0.1, 0.15) is 5.56 Å². The molecule has 0 saturated carbocycles. The Bertz CT molecular complexity index is 618. The fraction of sp³-hybridized carbons (Fsp3) is 0.500. The minimum absolute atomic E-state index is 0.0675. The van der Waals surface area contributed by atoms with Gasteiger partial charge in [0.1, 0.15) is 15.6 Å². The van der Waals surface area contributed by atoms with E-state index in [1.165, 1.54) is 6.26 Å². The van der Waals surface area contributed by atoms with Gasteiger partial charge < -0.3 is 15.4 Å². The van der Waals surface area contributed by atoms with Crippen LogP contribution >= 0.6 is 11.6 Å². The van der Waals surface area contributed by atoms with Gasteiger partial charge >= 0.3 is 0 Å². The molecule has 1 aromatic carbocycles. The van der Waals surface area contributed by atoms with Crippen molar-refractivity contribution in [3.05, 3.63) is 28.8 Å². The summed E-state index contributed by atoms with van der Waals surface area (Å²) in [4.78, 5) is 4.04. The number of guanidine groups is 1. The number of ether oxygens (including phenoxy) is 1. The summed E-state index contributed by atoms with van der Waals surface area (Å²) in [7, 11) is 0.253. The molecule has 22 heavy (non-hydrogen) atoms. The molecule has 0 spiro atoms. The lowest BCUT2D eigenvalue weighted by Crippen LogP contribution is -2.40. The van der Waals surface area contributed by atoms with Crippen LogP contribution in [0.25, 0.3) is 0 Å². The molecule has 0 atom stereocenters. The molecule has 8 heteroatoms. The smallest absolute Gasteiger partial charge is 0.191 e. The molecule has 124 valence electrons. The van der Waals surface area contributed by atoms with Crippen LogP contribution in [0.15, 0.2) is 23.2 Å². The first-order valence-corrected chi connectivity index (χ1v) is 9.24. The zero-order chi connectivity index (χ0) is 16.6. The number of hydrogen-bond donors (Lipinski definition) is 2. The monoisotopic (exact) mass is 347 g/mol. The Morgan fingerprint density at radius 1 is 1.32 bits per heavy atom. The summed E-state index contributed by atoms with van der Waals surface area (Å²) in [5.41, 5.74) is 1.00. The van der Waals surface area contributed by atoms with E-state index in [-0.39, 0.29) is 5.75 Å². The molecule has 0 aliphatic carbocycles. The van der Waals surface area contributed by atoms with Gasteiger partial charge in [-0.2, -0.15) is 0 Å². The second-order valence-electron chi connectivity index (χ2n) is 4.76. The Balaban J connectivity index is 2.41. The maximum absolute atomic E-state index is 11.1. The first kappa shape index (κ1) is 18.6. The van der Waals surface area contributed by atoms with Crippen LogP contribution in [0, 0.1) is 0 Å². The van der Waals surface area contributed by atoms with Crippen molar-refractivity contribution in [1.29, 1.82) is 0 Å². The zero-order valence-electron chi connectivity index (χ0n) is 13.0. The molecule has 0 heterocycles. The van der Waals surface area contributed by atoms with Crippen molar-refractivity contribution in [1.82, 2.24) is 10.6 Å². The minimum atomic E-state index is -2.98. The van der Waals surface area contributed by atoms with Crippen LogP contribution in [-0.2, 0) is 16.3 Å². The molecule has 0 amide bonds. The van der Waals surface area contributed by atoms with Gasteiger partial charge in [0, 0.05) is 31.4 Å². The van der Waals surface area contributed by atoms with Crippen LogP contribution < -0.4 is 15.4 Å². The Labute approximate surface area is 136 Å². The number of nitrogens with zero attached hydrogens (tertiary/aromatic N) is 1. The maximum Gasteiger partial charge on any atom is 0.191 e. The van der Waals surface area contributed by atoms with Crippen molar-refractivity contribution in [2.75, 3.05) is 39.3 Å². The van der Waals surface area contributed by atoms with Crippen molar-refractivity contribution in [3.8, 4) is 5.75 Å². The van der Waals surface area contributed by atoms with Gasteiger partial charge in [-0.3, -0.25) is 4.99 Å². The fourth-order valence-corrected chi connectivity index (χ4v) is 2.49. The Morgan fingerprint density at radius 3 is 2.55 bits per heavy atom. The highest BCUT2D eigenvalue weighted by Gasteiger charge is 2.05. The predicted molar refractivity (Wildman–Crippen MR) is 90.8 cm³/mol. The molecule has 6 nitrogen and oxygen atoms in total. The molecule has 1 rings (SSSR count). The summed E-state index contributed by atoms with van der Waals surface area (Å²) in [5.74, 6) is 1.35. The van der Waals surface area contributed by atoms with Gasteiger partial charge in [0.2, 0.25) is 0 Å². The van der Waals surface area contributed by atoms with Crippen LogP contribution in [0.2, 0.25) is 5.02 Å². The highest BCUT2D eigenvalue weighted by Crippen LogP contribution is 2.22. The number of hydrogen-bond acceptors (Lipinski definition) is 4. The lowest BCUT2D eigenvalue weighted by Gasteiger charge is -2.12. The van der Waals surface area contributed by atoms with Gasteiger partial charge in [0.25, 0.3) is 0 Å². The molecule has 0 bridgehead atoms. The minimum Gasteiger partial charge on any atom is -0.497 e. The number of aliphatic imine (C=N–C) groups is 1. The molecule has 1 aromatic rings. The summed E-state index contributed by atoms with van der Waals surface area (Å²) < 4.78 is 27.2. The normalized spacial score (nSPS) is 12.1. The zero-order valence-corrected chi connectivity index (χ0v) is 14.6. The van der Waals surface area contributed by atoms with Crippen molar-refractivity contribution in [2.24, 2.45) is 4.99 Å². The molecule has 0 unspecified atom stereocenters. The largest absolute Gasteiger partial charge is 0.497 e. The van der Waals surface area contributed by atoms with E-state index in [0.29, 0.717) is 24.1 Å². The molecular formula is C14H22ClN3O3S. The quantitative estimate of drug-likeness (QED) is 0.570. The average molecular weight is 348 g/mol. The van der Waals surface area contributed by atoms with E-state index in [4.69, 9.17) is 16.3 Å². The van der Waals surface area contributed by atoms with Crippen molar-refractivity contribution in [3.63, 3.8) is 0 Å². The van der Waals surface area contributed by atoms with Gasteiger partial charge in [-0.25, -0.2) is 8.42 Å². The maximum atomic E-state index is 11.1. The van der Waals surface area contributed by atoms with Crippen LogP contribution in [0.3, 0.4) is 0 Å². The van der Waals surface area contributed by atoms with Crippen molar-refractivity contribution >= 4 is 27.4 Å². The Morgan fingerprint density at radius 2 is 2.00 bits per heavy atom. The first-order chi connectivity index (χ1) is 10.4. The fourth-order valence-electron chi connectivity index (χ4n) is 1.75. The standard InChI is InChI=1S/C14H22ClN3O3S/c1-16-14(18-8-9-22(3,19)20)17-7-6-11-4-5-12(21-2)10-13(11)15/h4-5,10H,6-9H2,1-3H3,(H2,16,17,18). The molecular weight excluding hydrogens is 326 g/mol. The lowest BCUT2D eigenvalue weighted by atomic mass is 10.1. The Hall–Kier alpha value is -1.47. The second kappa shape index (κ2) is 8.85. The van der Waals surface area contributed by atoms with Gasteiger partial charge in [0.05, 0.1) is 12.9 Å². The third-order valence-electron chi connectivity index (χ3n) is 2.94. The van der Waals surface area contributed by atoms with E-state index in [1.54, 1.807) is 20.2 Å². The first-order valence-electron chi connectivity index (χ1n) is 6.80. The SMILES string of the molecule is CN=C(NCCc1ccc(OC)cc1Cl)NCCS(C)(=O)=O. The van der Waals surface area contributed by atoms with Crippen LogP contribution in [0.4, 0.5) is 0 Å². The van der Waals surface area contributed by atoms with E-state index in [1.807, 2.05) is 12.1 Å². The van der Waals surface area contributed by atoms with Gasteiger partial charge in [0.15, 0.2) is 5.96 Å². The van der Waals surface area contributed by atoms with Crippen molar-refractivity contribution in [2.45, 2.75) is 6.42 Å². The lowest BCUT2D eigenvalue weighted by molar-refractivity contribution is 0.414. The van der Waals surface area contributed by atoms with Crippen LogP contribution in [-0.4, -0.2) is 53.6 Å². The van der Waals surface area contributed by atoms with Crippen LogP contribution in [0.5, 0.6) is 5.75 Å². The molecule has 2 N–H and O–H groups in total. The number of sulfone groups is 1. The molecule has 0 aromatic heterocycles. The van der Waals surface area contributed by atoms with Gasteiger partial charge in [-0.1, -0.05) is 17.7 Å².